The summed E-state index contributed by atoms with van der Waals surface area (Å²) < 4.78 is 47.0. The molecule has 2 rings (SSSR count). The third-order valence-electron chi connectivity index (χ3n) is 2.83. The minimum absolute atomic E-state index is 0.128. The van der Waals surface area contributed by atoms with Gasteiger partial charge >= 0.3 is 12.1 Å². The van der Waals surface area contributed by atoms with Crippen molar-refractivity contribution in [3.8, 4) is 11.3 Å². The van der Waals surface area contributed by atoms with E-state index < -0.39 is 11.7 Å². The van der Waals surface area contributed by atoms with Crippen LogP contribution in [0.15, 0.2) is 34.9 Å². The Balaban J connectivity index is 2.09. The van der Waals surface area contributed by atoms with Crippen LogP contribution in [0.5, 0.6) is 0 Å². The summed E-state index contributed by atoms with van der Waals surface area (Å²) in [5.41, 5.74) is 0.209. The van der Waals surface area contributed by atoms with Crippen molar-refractivity contribution in [2.45, 2.75) is 19.0 Å². The first-order chi connectivity index (χ1) is 9.90. The lowest BCUT2D eigenvalue weighted by Crippen LogP contribution is -2.04. The summed E-state index contributed by atoms with van der Waals surface area (Å²) in [5, 5.41) is 0. The van der Waals surface area contributed by atoms with E-state index in [2.05, 4.69) is 9.72 Å². The van der Waals surface area contributed by atoms with Crippen molar-refractivity contribution in [1.29, 1.82) is 0 Å². The Morgan fingerprint density at radius 3 is 2.52 bits per heavy atom. The summed E-state index contributed by atoms with van der Waals surface area (Å²) in [5.74, 6) is -0.0559. The van der Waals surface area contributed by atoms with Crippen molar-refractivity contribution >= 4 is 5.97 Å². The normalized spacial score (nSPS) is 11.4. The number of alkyl halides is 3. The number of rotatable bonds is 4. The fourth-order valence-electron chi connectivity index (χ4n) is 1.70. The van der Waals surface area contributed by atoms with Gasteiger partial charge in [0.1, 0.15) is 12.0 Å². The zero-order valence-corrected chi connectivity index (χ0v) is 11.1. The number of benzene rings is 1. The third kappa shape index (κ3) is 3.84. The second kappa shape index (κ2) is 5.99. The molecule has 0 radical (unpaired) electrons. The van der Waals surface area contributed by atoms with Crippen LogP contribution < -0.4 is 0 Å². The van der Waals surface area contributed by atoms with Crippen LogP contribution in [0, 0.1) is 0 Å². The molecule has 0 amide bonds. The van der Waals surface area contributed by atoms with Gasteiger partial charge in [-0.3, -0.25) is 4.79 Å². The Hall–Kier alpha value is -2.31. The van der Waals surface area contributed by atoms with Crippen LogP contribution in [0.2, 0.25) is 0 Å². The van der Waals surface area contributed by atoms with Gasteiger partial charge in [0.2, 0.25) is 0 Å². The minimum Gasteiger partial charge on any atom is -0.469 e. The number of hydrogen-bond donors (Lipinski definition) is 0. The number of ether oxygens (including phenoxy) is 1. The molecule has 0 atom stereocenters. The first-order valence-electron chi connectivity index (χ1n) is 6.09. The SMILES string of the molecule is COC(=O)CCc1nc(-c2ccc(C(F)(F)F)cc2)co1. The molecule has 0 unspecified atom stereocenters. The molecule has 4 nitrogen and oxygen atoms in total. The fourth-order valence-corrected chi connectivity index (χ4v) is 1.70. The molecule has 0 aliphatic rings. The number of carbonyl (C=O) groups excluding carboxylic acids is 1. The van der Waals surface area contributed by atoms with Gasteiger partial charge in [0.25, 0.3) is 0 Å². The number of methoxy groups -OCH3 is 1. The van der Waals surface area contributed by atoms with E-state index in [0.717, 1.165) is 12.1 Å². The Morgan fingerprint density at radius 2 is 1.95 bits per heavy atom. The van der Waals surface area contributed by atoms with Crippen molar-refractivity contribution in [2.24, 2.45) is 0 Å². The second-order valence-corrected chi connectivity index (χ2v) is 4.28. The number of esters is 1. The van der Waals surface area contributed by atoms with Gasteiger partial charge in [-0.25, -0.2) is 4.98 Å². The summed E-state index contributed by atoms with van der Waals surface area (Å²) >= 11 is 0. The van der Waals surface area contributed by atoms with E-state index in [1.165, 1.54) is 25.5 Å². The molecule has 1 aromatic heterocycles. The zero-order valence-electron chi connectivity index (χ0n) is 11.1. The molecule has 7 heteroatoms. The number of hydrogen-bond acceptors (Lipinski definition) is 4. The molecular formula is C14H12F3NO3. The summed E-state index contributed by atoms with van der Waals surface area (Å²) in [6.07, 6.45) is -2.62. The summed E-state index contributed by atoms with van der Waals surface area (Å²) in [6, 6.07) is 4.62. The molecule has 21 heavy (non-hydrogen) atoms. The number of halogens is 3. The predicted octanol–water partition coefficient (Wildman–Crippen LogP) is 3.47. The maximum Gasteiger partial charge on any atom is 0.416 e. The van der Waals surface area contributed by atoms with Crippen molar-refractivity contribution in [2.75, 3.05) is 7.11 Å². The molecule has 112 valence electrons. The number of aromatic nitrogens is 1. The van der Waals surface area contributed by atoms with Gasteiger partial charge in [0, 0.05) is 12.0 Å². The molecule has 2 aromatic rings. The molecule has 0 aliphatic heterocycles. The van der Waals surface area contributed by atoms with Gasteiger partial charge in [-0.1, -0.05) is 12.1 Å². The lowest BCUT2D eigenvalue weighted by atomic mass is 10.1. The van der Waals surface area contributed by atoms with Crippen molar-refractivity contribution < 1.29 is 27.1 Å². The van der Waals surface area contributed by atoms with Crippen LogP contribution in [0.3, 0.4) is 0 Å². The monoisotopic (exact) mass is 299 g/mol. The highest BCUT2D eigenvalue weighted by Crippen LogP contribution is 2.30. The van der Waals surface area contributed by atoms with E-state index in [-0.39, 0.29) is 18.8 Å². The Morgan fingerprint density at radius 1 is 1.29 bits per heavy atom. The maximum absolute atomic E-state index is 12.5. The predicted molar refractivity (Wildman–Crippen MR) is 67.3 cm³/mol. The maximum atomic E-state index is 12.5. The van der Waals surface area contributed by atoms with Crippen LogP contribution in [0.1, 0.15) is 17.9 Å². The smallest absolute Gasteiger partial charge is 0.416 e. The van der Waals surface area contributed by atoms with Crippen molar-refractivity contribution in [1.82, 2.24) is 4.98 Å². The fraction of sp³-hybridized carbons (Fsp3) is 0.286. The number of oxazole rings is 1. The highest BCUT2D eigenvalue weighted by atomic mass is 19.4. The van der Waals surface area contributed by atoms with E-state index in [1.807, 2.05) is 0 Å². The second-order valence-electron chi connectivity index (χ2n) is 4.28. The average Bonchev–Trinajstić information content (AvgIpc) is 2.93. The first-order valence-corrected chi connectivity index (χ1v) is 6.09. The van der Waals surface area contributed by atoms with Gasteiger partial charge < -0.3 is 9.15 Å². The van der Waals surface area contributed by atoms with Gasteiger partial charge in [0.05, 0.1) is 19.1 Å². The van der Waals surface area contributed by atoms with Gasteiger partial charge in [0.15, 0.2) is 5.89 Å². The largest absolute Gasteiger partial charge is 0.469 e. The third-order valence-corrected chi connectivity index (χ3v) is 2.83. The van der Waals surface area contributed by atoms with Crippen LogP contribution in [-0.2, 0) is 22.1 Å². The number of aryl methyl sites for hydroxylation is 1. The van der Waals surface area contributed by atoms with Crippen LogP contribution in [-0.4, -0.2) is 18.1 Å². The standard InChI is InChI=1S/C14H12F3NO3/c1-20-13(19)7-6-12-18-11(8-21-12)9-2-4-10(5-3-9)14(15,16)17/h2-5,8H,6-7H2,1H3. The number of carbonyl (C=O) groups is 1. The summed E-state index contributed by atoms with van der Waals surface area (Å²) in [7, 11) is 1.28. The molecule has 0 saturated carbocycles. The van der Waals surface area contributed by atoms with E-state index in [4.69, 9.17) is 4.42 Å². The summed E-state index contributed by atoms with van der Waals surface area (Å²) in [4.78, 5) is 15.1. The molecule has 0 spiro atoms. The van der Waals surface area contributed by atoms with Crippen LogP contribution >= 0.6 is 0 Å². The Labute approximate surface area is 118 Å². The molecule has 1 aromatic carbocycles. The lowest BCUT2D eigenvalue weighted by molar-refractivity contribution is -0.140. The van der Waals surface area contributed by atoms with E-state index in [0.29, 0.717) is 17.1 Å². The Bertz CT molecular complexity index is 617. The number of nitrogens with zero attached hydrogens (tertiary/aromatic N) is 1. The highest BCUT2D eigenvalue weighted by Gasteiger charge is 2.30. The van der Waals surface area contributed by atoms with Crippen molar-refractivity contribution in [3.05, 3.63) is 42.0 Å². The molecule has 0 N–H and O–H groups in total. The van der Waals surface area contributed by atoms with Gasteiger partial charge in [-0.05, 0) is 12.1 Å². The average molecular weight is 299 g/mol. The zero-order chi connectivity index (χ0) is 15.5. The molecular weight excluding hydrogens is 287 g/mol. The minimum atomic E-state index is -4.37. The first kappa shape index (κ1) is 15.1. The molecule has 1 heterocycles. The van der Waals surface area contributed by atoms with Crippen molar-refractivity contribution in [3.63, 3.8) is 0 Å². The lowest BCUT2D eigenvalue weighted by Gasteiger charge is -2.06. The topological polar surface area (TPSA) is 52.3 Å². The van der Waals surface area contributed by atoms with Gasteiger partial charge in [-0.2, -0.15) is 13.2 Å². The highest BCUT2D eigenvalue weighted by molar-refractivity contribution is 5.69. The van der Waals surface area contributed by atoms with Crippen LogP contribution in [0.4, 0.5) is 13.2 Å². The quantitative estimate of drug-likeness (QED) is 0.811. The van der Waals surface area contributed by atoms with Gasteiger partial charge in [-0.15, -0.1) is 0 Å². The van der Waals surface area contributed by atoms with E-state index >= 15 is 0 Å². The molecule has 0 saturated heterocycles. The molecule has 0 bridgehead atoms. The molecule has 0 aliphatic carbocycles. The van der Waals surface area contributed by atoms with E-state index in [1.54, 1.807) is 0 Å². The van der Waals surface area contributed by atoms with Crippen LogP contribution in [0.25, 0.3) is 11.3 Å². The molecule has 0 fully saturated rings. The Kier molecular flexibility index (Phi) is 4.30. The summed E-state index contributed by atoms with van der Waals surface area (Å²) in [6.45, 7) is 0. The van der Waals surface area contributed by atoms with E-state index in [9.17, 15) is 18.0 Å².